The zero-order valence-corrected chi connectivity index (χ0v) is 18.5. The summed E-state index contributed by atoms with van der Waals surface area (Å²) < 4.78 is 0. The second-order valence-corrected chi connectivity index (χ2v) is 7.74. The standard InChI is InChI=1S/C27H28N4O/c1-4-5-15-30-22-12-10-20(11-13-22)19-6-8-21(9-7-19)26-27(32)25(18(2)28-3)23-17-29-16-14-24(23)31-26/h6-14,16-17,28,30,32H,2,4-5,15H2,1,3H3. The van der Waals surface area contributed by atoms with Gasteiger partial charge in [0.2, 0.25) is 0 Å². The van der Waals surface area contributed by atoms with E-state index in [0.717, 1.165) is 39.8 Å². The highest BCUT2D eigenvalue weighted by molar-refractivity contribution is 5.96. The van der Waals surface area contributed by atoms with Crippen LogP contribution in [0.3, 0.4) is 0 Å². The van der Waals surface area contributed by atoms with E-state index in [0.29, 0.717) is 17.0 Å². The summed E-state index contributed by atoms with van der Waals surface area (Å²) in [6.45, 7) is 7.22. The molecule has 5 nitrogen and oxygen atoms in total. The van der Waals surface area contributed by atoms with Gasteiger partial charge in [0.25, 0.3) is 0 Å². The molecule has 0 aliphatic rings. The third-order valence-corrected chi connectivity index (χ3v) is 5.60. The minimum Gasteiger partial charge on any atom is -0.505 e. The van der Waals surface area contributed by atoms with E-state index in [9.17, 15) is 5.11 Å². The van der Waals surface area contributed by atoms with Crippen molar-refractivity contribution in [3.05, 3.63) is 79.1 Å². The number of benzene rings is 2. The van der Waals surface area contributed by atoms with Crippen molar-refractivity contribution < 1.29 is 5.11 Å². The van der Waals surface area contributed by atoms with Crippen molar-refractivity contribution in [2.24, 2.45) is 0 Å². The lowest BCUT2D eigenvalue weighted by atomic mass is 9.99. The molecule has 2 aromatic heterocycles. The zero-order chi connectivity index (χ0) is 22.5. The molecule has 0 atom stereocenters. The average molecular weight is 425 g/mol. The lowest BCUT2D eigenvalue weighted by Crippen LogP contribution is -2.05. The molecule has 2 aromatic carbocycles. The first-order valence-electron chi connectivity index (χ1n) is 10.9. The maximum absolute atomic E-state index is 11.0. The van der Waals surface area contributed by atoms with Gasteiger partial charge in [-0.15, -0.1) is 0 Å². The van der Waals surface area contributed by atoms with Gasteiger partial charge < -0.3 is 15.7 Å². The topological polar surface area (TPSA) is 70.1 Å². The number of aromatic nitrogens is 2. The van der Waals surface area contributed by atoms with E-state index in [1.807, 2.05) is 18.2 Å². The molecule has 0 aliphatic heterocycles. The fourth-order valence-corrected chi connectivity index (χ4v) is 3.74. The highest BCUT2D eigenvalue weighted by Crippen LogP contribution is 2.38. The van der Waals surface area contributed by atoms with E-state index in [1.54, 1.807) is 19.4 Å². The molecule has 5 heteroatoms. The van der Waals surface area contributed by atoms with E-state index in [4.69, 9.17) is 4.98 Å². The number of pyridine rings is 2. The Morgan fingerprint density at radius 2 is 1.62 bits per heavy atom. The van der Waals surface area contributed by atoms with Gasteiger partial charge in [0.1, 0.15) is 5.69 Å². The van der Waals surface area contributed by atoms with Crippen molar-refractivity contribution in [1.82, 2.24) is 15.3 Å². The Morgan fingerprint density at radius 1 is 0.969 bits per heavy atom. The van der Waals surface area contributed by atoms with Crippen LogP contribution in [-0.4, -0.2) is 28.7 Å². The quantitative estimate of drug-likeness (QED) is 0.299. The zero-order valence-electron chi connectivity index (χ0n) is 18.5. The lowest BCUT2D eigenvalue weighted by Gasteiger charge is -2.15. The lowest BCUT2D eigenvalue weighted by molar-refractivity contribution is 0.474. The van der Waals surface area contributed by atoms with E-state index < -0.39 is 0 Å². The second-order valence-electron chi connectivity index (χ2n) is 7.74. The van der Waals surface area contributed by atoms with Crippen LogP contribution in [0.2, 0.25) is 0 Å². The molecule has 162 valence electrons. The van der Waals surface area contributed by atoms with Crippen LogP contribution in [-0.2, 0) is 0 Å². The molecule has 4 aromatic rings. The van der Waals surface area contributed by atoms with Crippen LogP contribution in [0.15, 0.2) is 73.6 Å². The summed E-state index contributed by atoms with van der Waals surface area (Å²) in [6.07, 6.45) is 5.75. The number of fused-ring (bicyclic) bond motifs is 1. The first-order valence-corrected chi connectivity index (χ1v) is 10.9. The van der Waals surface area contributed by atoms with E-state index >= 15 is 0 Å². The van der Waals surface area contributed by atoms with Gasteiger partial charge in [-0.3, -0.25) is 4.98 Å². The van der Waals surface area contributed by atoms with Crippen LogP contribution in [0.25, 0.3) is 39.0 Å². The minimum absolute atomic E-state index is 0.0973. The second kappa shape index (κ2) is 9.52. The Labute approximate surface area is 188 Å². The van der Waals surface area contributed by atoms with Gasteiger partial charge in [-0.25, -0.2) is 4.98 Å². The third kappa shape index (κ3) is 4.28. The number of anilines is 1. The Hall–Kier alpha value is -3.86. The fraction of sp³-hybridized carbons (Fsp3) is 0.185. The van der Waals surface area contributed by atoms with Gasteiger partial charge in [0.05, 0.1) is 11.1 Å². The fourth-order valence-electron chi connectivity index (χ4n) is 3.74. The van der Waals surface area contributed by atoms with Crippen molar-refractivity contribution in [2.45, 2.75) is 19.8 Å². The normalized spacial score (nSPS) is 10.8. The molecule has 0 amide bonds. The van der Waals surface area contributed by atoms with Crippen molar-refractivity contribution >= 4 is 22.3 Å². The van der Waals surface area contributed by atoms with E-state index in [2.05, 4.69) is 65.5 Å². The molecular formula is C27H28N4O. The maximum Gasteiger partial charge on any atom is 0.151 e. The summed E-state index contributed by atoms with van der Waals surface area (Å²) in [4.78, 5) is 8.89. The molecule has 0 unspecified atom stereocenters. The van der Waals surface area contributed by atoms with Gasteiger partial charge in [-0.1, -0.05) is 56.3 Å². The number of hydrogen-bond acceptors (Lipinski definition) is 5. The van der Waals surface area contributed by atoms with E-state index in [1.165, 1.54) is 12.8 Å². The first kappa shape index (κ1) is 21.4. The smallest absolute Gasteiger partial charge is 0.151 e. The van der Waals surface area contributed by atoms with Gasteiger partial charge in [-0.2, -0.15) is 0 Å². The van der Waals surface area contributed by atoms with Gasteiger partial charge >= 0.3 is 0 Å². The molecule has 4 rings (SSSR count). The first-order chi connectivity index (χ1) is 15.6. The molecule has 0 aliphatic carbocycles. The number of unbranched alkanes of at least 4 members (excludes halogenated alkanes) is 1. The Morgan fingerprint density at radius 3 is 2.28 bits per heavy atom. The summed E-state index contributed by atoms with van der Waals surface area (Å²) in [5.74, 6) is 0.0973. The van der Waals surface area contributed by atoms with Crippen molar-refractivity contribution in [2.75, 3.05) is 18.9 Å². The molecule has 0 saturated carbocycles. The molecule has 32 heavy (non-hydrogen) atoms. The maximum atomic E-state index is 11.0. The van der Waals surface area contributed by atoms with Crippen molar-refractivity contribution in [3.63, 3.8) is 0 Å². The van der Waals surface area contributed by atoms with Crippen LogP contribution in [0.5, 0.6) is 5.75 Å². The van der Waals surface area contributed by atoms with Crippen LogP contribution in [0.4, 0.5) is 5.69 Å². The van der Waals surface area contributed by atoms with Crippen molar-refractivity contribution in [3.8, 4) is 28.1 Å². The number of nitrogens with one attached hydrogen (secondary N) is 2. The Kier molecular flexibility index (Phi) is 6.36. The molecule has 0 radical (unpaired) electrons. The number of aromatic hydroxyl groups is 1. The predicted octanol–water partition coefficient (Wildman–Crippen LogP) is 6.07. The van der Waals surface area contributed by atoms with Crippen molar-refractivity contribution in [1.29, 1.82) is 0 Å². The van der Waals surface area contributed by atoms with Gasteiger partial charge in [0, 0.05) is 48.3 Å². The highest BCUT2D eigenvalue weighted by Gasteiger charge is 2.17. The largest absolute Gasteiger partial charge is 0.505 e. The molecule has 0 spiro atoms. The van der Waals surface area contributed by atoms with Gasteiger partial charge in [-0.05, 0) is 35.7 Å². The molecule has 2 heterocycles. The van der Waals surface area contributed by atoms with E-state index in [-0.39, 0.29) is 5.75 Å². The molecule has 0 fully saturated rings. The summed E-state index contributed by atoms with van der Waals surface area (Å²) >= 11 is 0. The number of nitrogens with zero attached hydrogens (tertiary/aromatic N) is 2. The van der Waals surface area contributed by atoms with Crippen LogP contribution < -0.4 is 10.6 Å². The summed E-state index contributed by atoms with van der Waals surface area (Å²) in [7, 11) is 1.78. The number of rotatable bonds is 8. The third-order valence-electron chi connectivity index (χ3n) is 5.60. The van der Waals surface area contributed by atoms with Crippen LogP contribution in [0, 0.1) is 0 Å². The summed E-state index contributed by atoms with van der Waals surface area (Å²) in [6, 6.07) is 18.4. The summed E-state index contributed by atoms with van der Waals surface area (Å²) in [5.41, 5.74) is 6.75. The number of hydrogen-bond donors (Lipinski definition) is 3. The SMILES string of the molecule is C=C(NC)c1c(O)c(-c2ccc(-c3ccc(NCCCC)cc3)cc2)nc2ccncc12. The molecule has 3 N–H and O–H groups in total. The minimum atomic E-state index is 0.0973. The Bertz CT molecular complexity index is 1230. The van der Waals surface area contributed by atoms with Crippen LogP contribution >= 0.6 is 0 Å². The predicted molar refractivity (Wildman–Crippen MR) is 134 cm³/mol. The molecule has 0 bridgehead atoms. The Balaban J connectivity index is 1.66. The summed E-state index contributed by atoms with van der Waals surface area (Å²) in [5, 5.41) is 18.3. The van der Waals surface area contributed by atoms with Crippen LogP contribution in [0.1, 0.15) is 25.3 Å². The van der Waals surface area contributed by atoms with Gasteiger partial charge in [0.15, 0.2) is 5.75 Å². The average Bonchev–Trinajstić information content (AvgIpc) is 2.84. The monoisotopic (exact) mass is 424 g/mol. The highest BCUT2D eigenvalue weighted by atomic mass is 16.3. The molecule has 0 saturated heterocycles. The molecular weight excluding hydrogens is 396 g/mol.